The third-order valence-electron chi connectivity index (χ3n) is 2.50. The zero-order chi connectivity index (χ0) is 12.1. The molecule has 1 aromatic rings. The van der Waals surface area contributed by atoms with Crippen molar-refractivity contribution in [3.05, 3.63) is 34.9 Å². The van der Waals surface area contributed by atoms with Crippen molar-refractivity contribution in [2.75, 3.05) is 6.54 Å². The van der Waals surface area contributed by atoms with Gasteiger partial charge >= 0.3 is 0 Å². The van der Waals surface area contributed by atoms with Gasteiger partial charge in [0.25, 0.3) is 5.91 Å². The predicted octanol–water partition coefficient (Wildman–Crippen LogP) is 1.55. The third kappa shape index (κ3) is 3.50. The van der Waals surface area contributed by atoms with Gasteiger partial charge in [0, 0.05) is 13.5 Å². The molecule has 0 aliphatic heterocycles. The van der Waals surface area contributed by atoms with Crippen LogP contribution in [0.2, 0.25) is 0 Å². The van der Waals surface area contributed by atoms with Crippen molar-refractivity contribution in [1.29, 1.82) is 0 Å². The molecule has 1 amide bonds. The van der Waals surface area contributed by atoms with Crippen molar-refractivity contribution in [2.45, 2.75) is 27.2 Å². The number of hydrogen-bond donors (Lipinski definition) is 1. The van der Waals surface area contributed by atoms with E-state index in [1.165, 1.54) is 23.6 Å². The number of amides is 1. The van der Waals surface area contributed by atoms with Gasteiger partial charge in [0.2, 0.25) is 5.78 Å². The first-order chi connectivity index (χ1) is 7.50. The molecule has 86 valence electrons. The molecule has 0 aliphatic rings. The fourth-order valence-corrected chi connectivity index (χ4v) is 1.50. The molecule has 0 saturated carbocycles. The van der Waals surface area contributed by atoms with Crippen LogP contribution in [-0.4, -0.2) is 18.2 Å². The summed E-state index contributed by atoms with van der Waals surface area (Å²) in [5.74, 6) is -0.953. The van der Waals surface area contributed by atoms with Crippen molar-refractivity contribution >= 4 is 11.7 Å². The van der Waals surface area contributed by atoms with Gasteiger partial charge in [-0.1, -0.05) is 23.8 Å². The molecule has 1 aromatic carbocycles. The highest BCUT2D eigenvalue weighted by molar-refractivity contribution is 6.35. The van der Waals surface area contributed by atoms with Gasteiger partial charge in [0.05, 0.1) is 0 Å². The number of nitrogens with one attached hydrogen (secondary N) is 1. The van der Waals surface area contributed by atoms with Crippen LogP contribution in [0.15, 0.2) is 18.2 Å². The fourth-order valence-electron chi connectivity index (χ4n) is 1.50. The van der Waals surface area contributed by atoms with E-state index in [0.717, 1.165) is 6.42 Å². The second-order valence-electron chi connectivity index (χ2n) is 3.99. The molecular weight excluding hydrogens is 202 g/mol. The number of benzene rings is 1. The summed E-state index contributed by atoms with van der Waals surface area (Å²) in [4.78, 5) is 21.7. The third-order valence-corrected chi connectivity index (χ3v) is 2.50. The molecule has 0 saturated heterocycles. The van der Waals surface area contributed by atoms with Gasteiger partial charge in [-0.15, -0.1) is 0 Å². The van der Waals surface area contributed by atoms with Crippen LogP contribution in [0, 0.1) is 13.8 Å². The lowest BCUT2D eigenvalue weighted by atomic mass is 10.0. The first-order valence-electron chi connectivity index (χ1n) is 5.35. The second kappa shape index (κ2) is 5.45. The molecule has 3 nitrogen and oxygen atoms in total. The smallest absolute Gasteiger partial charge is 0.287 e. The van der Waals surface area contributed by atoms with E-state index in [1.54, 1.807) is 0 Å². The lowest BCUT2D eigenvalue weighted by Crippen LogP contribution is -2.30. The van der Waals surface area contributed by atoms with Crippen LogP contribution in [0.5, 0.6) is 0 Å². The minimum absolute atomic E-state index is 0.444. The number of hydrogen-bond acceptors (Lipinski definition) is 2. The average Bonchev–Trinajstić information content (AvgIpc) is 2.22. The highest BCUT2D eigenvalue weighted by Gasteiger charge is 2.06. The van der Waals surface area contributed by atoms with Gasteiger partial charge in [-0.25, -0.2) is 0 Å². The number of aryl methyl sites for hydroxylation is 2. The van der Waals surface area contributed by atoms with Crippen LogP contribution in [0.3, 0.4) is 0 Å². The Morgan fingerprint density at radius 1 is 1.25 bits per heavy atom. The van der Waals surface area contributed by atoms with E-state index in [1.807, 2.05) is 13.8 Å². The molecule has 0 atom stereocenters. The van der Waals surface area contributed by atoms with Crippen LogP contribution in [0.4, 0.5) is 0 Å². The maximum atomic E-state index is 11.0. The molecule has 0 aliphatic carbocycles. The number of rotatable bonds is 4. The molecule has 1 N–H and O–H groups in total. The SMILES string of the molecule is CC(=O)C(=O)NCCc1cc(C)ccc1C. The lowest BCUT2D eigenvalue weighted by Gasteiger charge is -2.07. The minimum atomic E-state index is -0.509. The molecule has 3 heteroatoms. The predicted molar refractivity (Wildman–Crippen MR) is 63.3 cm³/mol. The number of ketones is 1. The quantitative estimate of drug-likeness (QED) is 0.781. The van der Waals surface area contributed by atoms with Gasteiger partial charge in [-0.05, 0) is 31.4 Å². The van der Waals surface area contributed by atoms with E-state index >= 15 is 0 Å². The molecule has 16 heavy (non-hydrogen) atoms. The van der Waals surface area contributed by atoms with Gasteiger partial charge in [0.15, 0.2) is 0 Å². The summed E-state index contributed by atoms with van der Waals surface area (Å²) in [7, 11) is 0. The topological polar surface area (TPSA) is 46.2 Å². The lowest BCUT2D eigenvalue weighted by molar-refractivity contribution is -0.136. The van der Waals surface area contributed by atoms with Gasteiger partial charge < -0.3 is 5.32 Å². The van der Waals surface area contributed by atoms with Crippen molar-refractivity contribution in [3.8, 4) is 0 Å². The number of carbonyl (C=O) groups excluding carboxylic acids is 2. The van der Waals surface area contributed by atoms with Crippen molar-refractivity contribution in [1.82, 2.24) is 5.32 Å². The van der Waals surface area contributed by atoms with Crippen molar-refractivity contribution < 1.29 is 9.59 Å². The van der Waals surface area contributed by atoms with E-state index in [4.69, 9.17) is 0 Å². The summed E-state index contributed by atoms with van der Waals surface area (Å²) in [6, 6.07) is 6.24. The largest absolute Gasteiger partial charge is 0.349 e. The summed E-state index contributed by atoms with van der Waals surface area (Å²) < 4.78 is 0. The molecule has 0 heterocycles. The fraction of sp³-hybridized carbons (Fsp3) is 0.385. The van der Waals surface area contributed by atoms with Crippen LogP contribution in [0.1, 0.15) is 23.6 Å². The highest BCUT2D eigenvalue weighted by Crippen LogP contribution is 2.10. The Morgan fingerprint density at radius 2 is 1.94 bits per heavy atom. The molecule has 0 radical (unpaired) electrons. The minimum Gasteiger partial charge on any atom is -0.349 e. The molecule has 1 rings (SSSR count). The first kappa shape index (κ1) is 12.4. The van der Waals surface area contributed by atoms with Crippen LogP contribution < -0.4 is 5.32 Å². The summed E-state index contributed by atoms with van der Waals surface area (Å²) in [6.07, 6.45) is 0.756. The number of Topliss-reactive ketones (excluding diaryl/α,β-unsaturated/α-hetero) is 1. The summed E-state index contributed by atoms with van der Waals surface area (Å²) in [5.41, 5.74) is 3.63. The standard InChI is InChI=1S/C13H17NO2/c1-9-4-5-10(2)12(8-9)6-7-14-13(16)11(3)15/h4-5,8H,6-7H2,1-3H3,(H,14,16). The molecule has 0 bridgehead atoms. The van der Waals surface area contributed by atoms with Gasteiger partial charge in [-0.2, -0.15) is 0 Å². The van der Waals surface area contributed by atoms with E-state index in [9.17, 15) is 9.59 Å². The maximum absolute atomic E-state index is 11.0. The summed E-state index contributed by atoms with van der Waals surface area (Å²) in [6.45, 7) is 5.86. The van der Waals surface area contributed by atoms with Crippen LogP contribution in [0.25, 0.3) is 0 Å². The van der Waals surface area contributed by atoms with Crippen molar-refractivity contribution in [2.24, 2.45) is 0 Å². The summed E-state index contributed by atoms with van der Waals surface area (Å²) in [5, 5.41) is 2.59. The average molecular weight is 219 g/mol. The number of carbonyl (C=O) groups is 2. The Balaban J connectivity index is 2.52. The molecule has 0 aromatic heterocycles. The normalized spacial score (nSPS) is 9.94. The van der Waals surface area contributed by atoms with E-state index < -0.39 is 11.7 Å². The first-order valence-corrected chi connectivity index (χ1v) is 5.35. The monoisotopic (exact) mass is 219 g/mol. The zero-order valence-electron chi connectivity index (χ0n) is 9.96. The second-order valence-corrected chi connectivity index (χ2v) is 3.99. The van der Waals surface area contributed by atoms with Gasteiger partial charge in [-0.3, -0.25) is 9.59 Å². The van der Waals surface area contributed by atoms with E-state index in [2.05, 4.69) is 23.5 Å². The maximum Gasteiger partial charge on any atom is 0.287 e. The Morgan fingerprint density at radius 3 is 2.56 bits per heavy atom. The molecule has 0 fully saturated rings. The highest BCUT2D eigenvalue weighted by atomic mass is 16.2. The molecule has 0 spiro atoms. The van der Waals surface area contributed by atoms with Crippen molar-refractivity contribution in [3.63, 3.8) is 0 Å². The zero-order valence-corrected chi connectivity index (χ0v) is 9.96. The van der Waals surface area contributed by atoms with Gasteiger partial charge in [0.1, 0.15) is 0 Å². The Labute approximate surface area is 95.9 Å². The Kier molecular flexibility index (Phi) is 4.23. The Hall–Kier alpha value is -1.64. The van der Waals surface area contributed by atoms with E-state index in [0.29, 0.717) is 6.54 Å². The molecular formula is C13H17NO2. The molecule has 0 unspecified atom stereocenters. The van der Waals surface area contributed by atoms with E-state index in [-0.39, 0.29) is 0 Å². The Bertz CT molecular complexity index is 410. The summed E-state index contributed by atoms with van der Waals surface area (Å²) >= 11 is 0. The van der Waals surface area contributed by atoms with Crippen LogP contribution in [-0.2, 0) is 16.0 Å². The van der Waals surface area contributed by atoms with Crippen LogP contribution >= 0.6 is 0 Å².